The Bertz CT molecular complexity index is 917. The fourth-order valence-electron chi connectivity index (χ4n) is 3.30. The van der Waals surface area contributed by atoms with Gasteiger partial charge in [-0.3, -0.25) is 13.9 Å². The first-order chi connectivity index (χ1) is 12.0. The number of nitrogens with zero attached hydrogens (tertiary/aromatic N) is 3. The van der Waals surface area contributed by atoms with Crippen molar-refractivity contribution >= 4 is 5.82 Å². The minimum atomic E-state index is -0.566. The zero-order valence-corrected chi connectivity index (χ0v) is 14.5. The Labute approximate surface area is 146 Å². The maximum Gasteiger partial charge on any atom is 0.332 e. The van der Waals surface area contributed by atoms with E-state index in [9.17, 15) is 14.9 Å². The van der Waals surface area contributed by atoms with Gasteiger partial charge < -0.3 is 5.32 Å². The topological polar surface area (TPSA) is 79.8 Å². The SMILES string of the molecule is Cn1c(NC(CC2CCC2)c2ccccc2)c(C#N)c(=O)n(C)c1=O. The molecule has 6 heteroatoms. The first-order valence-corrected chi connectivity index (χ1v) is 8.54. The molecule has 1 aromatic carbocycles. The van der Waals surface area contributed by atoms with E-state index in [4.69, 9.17) is 0 Å². The Balaban J connectivity index is 2.04. The molecule has 1 saturated carbocycles. The highest BCUT2D eigenvalue weighted by Crippen LogP contribution is 2.36. The van der Waals surface area contributed by atoms with Crippen molar-refractivity contribution in [2.45, 2.75) is 31.7 Å². The lowest BCUT2D eigenvalue weighted by Crippen LogP contribution is -2.40. The van der Waals surface area contributed by atoms with Gasteiger partial charge in [0, 0.05) is 14.1 Å². The maximum atomic E-state index is 12.3. The Morgan fingerprint density at radius 3 is 2.44 bits per heavy atom. The number of hydrogen-bond donors (Lipinski definition) is 1. The van der Waals surface area contributed by atoms with Gasteiger partial charge in [-0.25, -0.2) is 4.79 Å². The molecular weight excluding hydrogens is 316 g/mol. The molecule has 0 spiro atoms. The predicted octanol–water partition coefficient (Wildman–Crippen LogP) is 2.30. The lowest BCUT2D eigenvalue weighted by Gasteiger charge is -2.31. The van der Waals surface area contributed by atoms with Crippen LogP contribution in [0, 0.1) is 17.2 Å². The van der Waals surface area contributed by atoms with Gasteiger partial charge in [0.1, 0.15) is 11.9 Å². The van der Waals surface area contributed by atoms with Gasteiger partial charge >= 0.3 is 5.69 Å². The van der Waals surface area contributed by atoms with Crippen LogP contribution in [0.5, 0.6) is 0 Å². The molecular formula is C19H22N4O2. The zero-order valence-electron chi connectivity index (χ0n) is 14.5. The number of hydrogen-bond acceptors (Lipinski definition) is 4. The largest absolute Gasteiger partial charge is 0.363 e. The predicted molar refractivity (Wildman–Crippen MR) is 96.4 cm³/mol. The van der Waals surface area contributed by atoms with Crippen molar-refractivity contribution in [3.8, 4) is 6.07 Å². The van der Waals surface area contributed by atoms with Crippen LogP contribution in [0.3, 0.4) is 0 Å². The van der Waals surface area contributed by atoms with Crippen LogP contribution in [0.25, 0.3) is 0 Å². The summed E-state index contributed by atoms with van der Waals surface area (Å²) < 4.78 is 2.31. The third-order valence-corrected chi connectivity index (χ3v) is 5.08. The third kappa shape index (κ3) is 3.22. The van der Waals surface area contributed by atoms with Gasteiger partial charge in [0.25, 0.3) is 5.56 Å². The summed E-state index contributed by atoms with van der Waals surface area (Å²) in [5.74, 6) is 0.926. The van der Waals surface area contributed by atoms with E-state index in [1.54, 1.807) is 7.05 Å². The van der Waals surface area contributed by atoms with Crippen molar-refractivity contribution in [3.63, 3.8) is 0 Å². The highest BCUT2D eigenvalue weighted by molar-refractivity contribution is 5.52. The van der Waals surface area contributed by atoms with Crippen molar-refractivity contribution in [2.75, 3.05) is 5.32 Å². The van der Waals surface area contributed by atoms with Crippen molar-refractivity contribution in [2.24, 2.45) is 20.0 Å². The van der Waals surface area contributed by atoms with Gasteiger partial charge in [-0.2, -0.15) is 5.26 Å². The number of nitriles is 1. The van der Waals surface area contributed by atoms with Gasteiger partial charge in [0.05, 0.1) is 6.04 Å². The fraction of sp³-hybridized carbons (Fsp3) is 0.421. The number of rotatable bonds is 5. The molecule has 0 aliphatic heterocycles. The van der Waals surface area contributed by atoms with Gasteiger partial charge in [-0.1, -0.05) is 49.6 Å². The second kappa shape index (κ2) is 6.98. The zero-order chi connectivity index (χ0) is 18.0. The number of nitrogens with one attached hydrogen (secondary N) is 1. The van der Waals surface area contributed by atoms with Gasteiger partial charge in [-0.05, 0) is 17.9 Å². The second-order valence-electron chi connectivity index (χ2n) is 6.68. The van der Waals surface area contributed by atoms with Crippen molar-refractivity contribution < 1.29 is 0 Å². The average molecular weight is 338 g/mol. The van der Waals surface area contributed by atoms with Crippen molar-refractivity contribution in [1.29, 1.82) is 5.26 Å². The third-order valence-electron chi connectivity index (χ3n) is 5.08. The summed E-state index contributed by atoms with van der Waals surface area (Å²) in [7, 11) is 2.97. The highest BCUT2D eigenvalue weighted by atomic mass is 16.2. The van der Waals surface area contributed by atoms with Crippen LogP contribution in [0.4, 0.5) is 5.82 Å². The molecule has 1 unspecified atom stereocenters. The Morgan fingerprint density at radius 1 is 1.20 bits per heavy atom. The first kappa shape index (κ1) is 17.0. The van der Waals surface area contributed by atoms with Crippen LogP contribution >= 0.6 is 0 Å². The summed E-state index contributed by atoms with van der Waals surface area (Å²) in [6, 6.07) is 11.9. The molecule has 1 aliphatic rings. The van der Waals surface area contributed by atoms with E-state index in [1.165, 1.54) is 30.9 Å². The first-order valence-electron chi connectivity index (χ1n) is 8.54. The minimum absolute atomic E-state index is 0.0286. The van der Waals surface area contributed by atoms with Crippen LogP contribution in [-0.2, 0) is 14.1 Å². The summed E-state index contributed by atoms with van der Waals surface area (Å²) in [4.78, 5) is 24.6. The molecule has 1 aromatic heterocycles. The molecule has 1 aliphatic carbocycles. The molecule has 6 nitrogen and oxygen atoms in total. The van der Waals surface area contributed by atoms with Crippen LogP contribution < -0.4 is 16.6 Å². The summed E-state index contributed by atoms with van der Waals surface area (Å²) >= 11 is 0. The van der Waals surface area contributed by atoms with Gasteiger partial charge in [0.2, 0.25) is 0 Å². The molecule has 130 valence electrons. The average Bonchev–Trinajstić information content (AvgIpc) is 2.60. The van der Waals surface area contributed by atoms with Crippen LogP contribution in [0.15, 0.2) is 39.9 Å². The van der Waals surface area contributed by atoms with Crippen molar-refractivity contribution in [3.05, 3.63) is 62.3 Å². The van der Waals surface area contributed by atoms with E-state index in [0.29, 0.717) is 11.7 Å². The number of benzene rings is 1. The monoisotopic (exact) mass is 338 g/mol. The number of anilines is 1. The summed E-state index contributed by atoms with van der Waals surface area (Å²) in [6.45, 7) is 0. The molecule has 1 atom stereocenters. The Hall–Kier alpha value is -2.81. The second-order valence-corrected chi connectivity index (χ2v) is 6.68. The summed E-state index contributed by atoms with van der Waals surface area (Å²) in [5, 5.41) is 12.8. The normalized spacial score (nSPS) is 15.2. The van der Waals surface area contributed by atoms with E-state index >= 15 is 0 Å². The van der Waals surface area contributed by atoms with Crippen LogP contribution in [0.2, 0.25) is 0 Å². The maximum absolute atomic E-state index is 12.3. The smallest absolute Gasteiger partial charge is 0.332 e. The van der Waals surface area contributed by atoms with Gasteiger partial charge in [0.15, 0.2) is 5.56 Å². The quantitative estimate of drug-likeness (QED) is 0.907. The lowest BCUT2D eigenvalue weighted by atomic mass is 9.79. The summed E-state index contributed by atoms with van der Waals surface area (Å²) in [5.41, 5.74) is 0.0519. The molecule has 2 aromatic rings. The standard InChI is InChI=1S/C19H22N4O2/c1-22-17(15(12-20)18(24)23(2)19(22)25)21-16(11-13-7-6-8-13)14-9-4-3-5-10-14/h3-5,9-10,13,16,21H,6-8,11H2,1-2H3. The molecule has 25 heavy (non-hydrogen) atoms. The van der Waals surface area contributed by atoms with Crippen LogP contribution in [-0.4, -0.2) is 9.13 Å². The van der Waals surface area contributed by atoms with E-state index in [2.05, 4.69) is 5.32 Å². The number of aromatic nitrogens is 2. The van der Waals surface area contributed by atoms with E-state index in [-0.39, 0.29) is 11.6 Å². The highest BCUT2D eigenvalue weighted by Gasteiger charge is 2.25. The molecule has 1 heterocycles. The lowest BCUT2D eigenvalue weighted by molar-refractivity contribution is 0.282. The summed E-state index contributed by atoms with van der Waals surface area (Å²) in [6.07, 6.45) is 4.56. The molecule has 0 saturated heterocycles. The van der Waals surface area contributed by atoms with E-state index in [1.807, 2.05) is 36.4 Å². The van der Waals surface area contributed by atoms with Gasteiger partial charge in [-0.15, -0.1) is 0 Å². The molecule has 0 amide bonds. The van der Waals surface area contributed by atoms with Crippen LogP contribution in [0.1, 0.15) is 42.9 Å². The molecule has 3 rings (SSSR count). The Morgan fingerprint density at radius 2 is 1.88 bits per heavy atom. The molecule has 0 bridgehead atoms. The minimum Gasteiger partial charge on any atom is -0.363 e. The fourth-order valence-corrected chi connectivity index (χ4v) is 3.30. The van der Waals surface area contributed by atoms with E-state index < -0.39 is 11.2 Å². The molecule has 1 N–H and O–H groups in total. The van der Waals surface area contributed by atoms with E-state index in [0.717, 1.165) is 16.6 Å². The van der Waals surface area contributed by atoms with Crippen molar-refractivity contribution in [1.82, 2.24) is 9.13 Å². The molecule has 0 radical (unpaired) electrons. The molecule has 1 fully saturated rings. The Kier molecular flexibility index (Phi) is 4.75.